The maximum Gasteiger partial charge on any atom is 0.165 e. The van der Waals surface area contributed by atoms with E-state index in [-0.39, 0.29) is 17.0 Å². The van der Waals surface area contributed by atoms with Crippen molar-refractivity contribution in [3.63, 3.8) is 0 Å². The van der Waals surface area contributed by atoms with Gasteiger partial charge in [0.1, 0.15) is 22.8 Å². The molecular weight excluding hydrogens is 496 g/mol. The van der Waals surface area contributed by atoms with Gasteiger partial charge in [0.2, 0.25) is 0 Å². The molecule has 6 nitrogen and oxygen atoms in total. The highest BCUT2D eigenvalue weighted by Gasteiger charge is 2.31. The Morgan fingerprint density at radius 3 is 1.73 bits per heavy atom. The van der Waals surface area contributed by atoms with Crippen molar-refractivity contribution in [1.82, 2.24) is 19.9 Å². The predicted octanol–water partition coefficient (Wildman–Crippen LogP) is 5.43. The molecule has 4 aromatic heterocycles. The highest BCUT2D eigenvalue weighted by molar-refractivity contribution is 5.99. The lowest BCUT2D eigenvalue weighted by Gasteiger charge is -2.29. The fourth-order valence-corrected chi connectivity index (χ4v) is 4.70. The quantitative estimate of drug-likeness (QED) is 0.285. The topological polar surface area (TPSA) is 85.7 Å². The lowest BCUT2D eigenvalue weighted by Crippen LogP contribution is -2.28. The molecule has 40 heavy (non-hydrogen) atoms. The van der Waals surface area contributed by atoms with E-state index < -0.39 is 0 Å². The fraction of sp³-hybridized carbons (Fsp3) is 0.235. The first-order valence-electron chi connectivity index (χ1n) is 13.3. The Hall–Kier alpha value is -4.94. The molecular formula is C34H28N4O2. The number of aromatic nitrogens is 4. The second kappa shape index (κ2) is 11.8. The van der Waals surface area contributed by atoms with Gasteiger partial charge in [-0.3, -0.25) is 9.59 Å². The molecule has 0 aliphatic heterocycles. The standard InChI is InChI=1S/C18H16N2O.C16H12N2O/c1-18(2)11-16-15(17(21)12-18)9-8-14(20-16)7-6-13-5-3-4-10-19-13;19-16-6-3-5-15-14(16)10-9-13(18-15)8-7-12-4-1-2-11-17-12/h3-5,8-10H,11-12H2,1-2H3;1-2,4,9-11H,3,5-6H2. The molecule has 196 valence electrons. The summed E-state index contributed by atoms with van der Waals surface area (Å²) in [6.45, 7) is 4.20. The summed E-state index contributed by atoms with van der Waals surface area (Å²) in [5.41, 5.74) is 6.04. The van der Waals surface area contributed by atoms with Crippen LogP contribution in [-0.4, -0.2) is 31.5 Å². The van der Waals surface area contributed by atoms with Crippen LogP contribution in [0, 0.1) is 29.1 Å². The first kappa shape index (κ1) is 26.7. The summed E-state index contributed by atoms with van der Waals surface area (Å²) in [5, 5.41) is 0. The van der Waals surface area contributed by atoms with Crippen LogP contribution < -0.4 is 0 Å². The molecule has 0 atom stereocenters. The highest BCUT2D eigenvalue weighted by Crippen LogP contribution is 2.33. The molecule has 4 heterocycles. The average Bonchev–Trinajstić information content (AvgIpc) is 2.96. The zero-order valence-corrected chi connectivity index (χ0v) is 22.6. The molecule has 2 aliphatic rings. The van der Waals surface area contributed by atoms with Crippen molar-refractivity contribution >= 4 is 11.6 Å². The normalized spacial score (nSPS) is 14.7. The number of aryl methyl sites for hydroxylation is 1. The van der Waals surface area contributed by atoms with E-state index in [1.165, 1.54) is 0 Å². The number of hydrogen-bond acceptors (Lipinski definition) is 6. The van der Waals surface area contributed by atoms with Crippen LogP contribution in [0.4, 0.5) is 0 Å². The van der Waals surface area contributed by atoms with Gasteiger partial charge in [0.05, 0.1) is 11.4 Å². The number of nitrogens with zero attached hydrogens (tertiary/aromatic N) is 4. The monoisotopic (exact) mass is 524 g/mol. The number of carbonyl (C=O) groups excluding carboxylic acids is 2. The van der Waals surface area contributed by atoms with E-state index in [0.29, 0.717) is 29.9 Å². The Morgan fingerprint density at radius 1 is 0.600 bits per heavy atom. The maximum absolute atomic E-state index is 12.1. The zero-order chi connectivity index (χ0) is 28.0. The van der Waals surface area contributed by atoms with Crippen molar-refractivity contribution in [2.24, 2.45) is 5.41 Å². The Kier molecular flexibility index (Phi) is 7.89. The molecule has 0 saturated carbocycles. The first-order valence-corrected chi connectivity index (χ1v) is 13.3. The molecule has 6 rings (SSSR count). The van der Waals surface area contributed by atoms with Crippen molar-refractivity contribution in [2.45, 2.75) is 46.0 Å². The molecule has 0 aromatic carbocycles. The number of hydrogen-bond donors (Lipinski definition) is 0. The van der Waals surface area contributed by atoms with Crippen molar-refractivity contribution in [3.8, 4) is 23.7 Å². The van der Waals surface area contributed by atoms with Crippen LogP contribution in [0.3, 0.4) is 0 Å². The Balaban J connectivity index is 0.000000162. The van der Waals surface area contributed by atoms with Gasteiger partial charge in [-0.15, -0.1) is 0 Å². The van der Waals surface area contributed by atoms with Crippen molar-refractivity contribution < 1.29 is 9.59 Å². The van der Waals surface area contributed by atoms with Gasteiger partial charge in [0.15, 0.2) is 11.6 Å². The van der Waals surface area contributed by atoms with Gasteiger partial charge < -0.3 is 0 Å². The van der Waals surface area contributed by atoms with E-state index in [9.17, 15) is 9.59 Å². The average molecular weight is 525 g/mol. The van der Waals surface area contributed by atoms with E-state index in [2.05, 4.69) is 57.5 Å². The smallest absolute Gasteiger partial charge is 0.165 e. The third kappa shape index (κ3) is 6.73. The summed E-state index contributed by atoms with van der Waals surface area (Å²) >= 11 is 0. The minimum Gasteiger partial charge on any atom is -0.294 e. The Bertz CT molecular complexity index is 1690. The number of fused-ring (bicyclic) bond motifs is 2. The summed E-state index contributed by atoms with van der Waals surface area (Å²) in [7, 11) is 0. The van der Waals surface area contributed by atoms with Gasteiger partial charge in [0.25, 0.3) is 0 Å². The predicted molar refractivity (Wildman–Crippen MR) is 153 cm³/mol. The van der Waals surface area contributed by atoms with Crippen LogP contribution >= 0.6 is 0 Å². The third-order valence-corrected chi connectivity index (χ3v) is 6.62. The van der Waals surface area contributed by atoms with Crippen LogP contribution in [0.15, 0.2) is 73.1 Å². The van der Waals surface area contributed by atoms with Crippen LogP contribution in [0.25, 0.3) is 0 Å². The van der Waals surface area contributed by atoms with E-state index in [1.54, 1.807) is 18.5 Å². The summed E-state index contributed by atoms with van der Waals surface area (Å²) in [6.07, 6.45) is 7.20. The number of Topliss-reactive ketones (excluding diaryl/α,β-unsaturated/α-hetero) is 2. The van der Waals surface area contributed by atoms with Gasteiger partial charge in [-0.2, -0.15) is 0 Å². The van der Waals surface area contributed by atoms with Crippen molar-refractivity contribution in [2.75, 3.05) is 0 Å². The van der Waals surface area contributed by atoms with Crippen LogP contribution in [0.5, 0.6) is 0 Å². The van der Waals surface area contributed by atoms with Crippen LogP contribution in [-0.2, 0) is 12.8 Å². The largest absolute Gasteiger partial charge is 0.294 e. The SMILES string of the molecule is CC1(C)CC(=O)c2ccc(C#Cc3ccccn3)nc2C1.O=C1CCCc2nc(C#Cc3ccccn3)ccc21. The van der Waals surface area contributed by atoms with Gasteiger partial charge in [-0.05, 0) is 96.9 Å². The van der Waals surface area contributed by atoms with Gasteiger partial charge >= 0.3 is 0 Å². The lowest BCUT2D eigenvalue weighted by molar-refractivity contribution is 0.0909. The molecule has 0 unspecified atom stereocenters. The van der Waals surface area contributed by atoms with E-state index in [0.717, 1.165) is 47.5 Å². The fourth-order valence-electron chi connectivity index (χ4n) is 4.70. The molecule has 0 amide bonds. The number of pyridine rings is 4. The number of rotatable bonds is 0. The minimum atomic E-state index is -0.0237. The van der Waals surface area contributed by atoms with Crippen molar-refractivity contribution in [3.05, 3.63) is 118 Å². The summed E-state index contributed by atoms with van der Waals surface area (Å²) < 4.78 is 0. The van der Waals surface area contributed by atoms with Gasteiger partial charge in [0, 0.05) is 36.4 Å². The zero-order valence-electron chi connectivity index (χ0n) is 22.6. The molecule has 6 heteroatoms. The molecule has 0 bridgehead atoms. The van der Waals surface area contributed by atoms with E-state index >= 15 is 0 Å². The van der Waals surface area contributed by atoms with Gasteiger partial charge in [-0.25, -0.2) is 19.9 Å². The second-order valence-corrected chi connectivity index (χ2v) is 10.5. The van der Waals surface area contributed by atoms with Crippen LogP contribution in [0.2, 0.25) is 0 Å². The summed E-state index contributed by atoms with van der Waals surface area (Å²) in [5.74, 6) is 12.3. The molecule has 0 fully saturated rings. The Morgan fingerprint density at radius 2 is 1.15 bits per heavy atom. The van der Waals surface area contributed by atoms with Gasteiger partial charge in [-0.1, -0.05) is 26.0 Å². The number of ketones is 2. The van der Waals surface area contributed by atoms with Crippen LogP contribution in [0.1, 0.15) is 88.0 Å². The first-order chi connectivity index (χ1) is 19.4. The molecule has 0 spiro atoms. The summed E-state index contributed by atoms with van der Waals surface area (Å²) in [6, 6.07) is 18.5. The van der Waals surface area contributed by atoms with E-state index in [4.69, 9.17) is 0 Å². The molecule has 0 saturated heterocycles. The molecule has 2 aliphatic carbocycles. The molecule has 0 N–H and O–H groups in total. The minimum absolute atomic E-state index is 0.0237. The Labute approximate surface area is 234 Å². The second-order valence-electron chi connectivity index (χ2n) is 10.5. The van der Waals surface area contributed by atoms with E-state index in [1.807, 2.05) is 54.6 Å². The molecule has 0 radical (unpaired) electrons. The highest BCUT2D eigenvalue weighted by atomic mass is 16.1. The molecule has 4 aromatic rings. The maximum atomic E-state index is 12.1. The lowest BCUT2D eigenvalue weighted by atomic mass is 9.75. The number of carbonyl (C=O) groups is 2. The van der Waals surface area contributed by atoms with Crippen molar-refractivity contribution in [1.29, 1.82) is 0 Å². The third-order valence-electron chi connectivity index (χ3n) is 6.62. The summed E-state index contributed by atoms with van der Waals surface area (Å²) in [4.78, 5) is 41.1.